The fourth-order valence-corrected chi connectivity index (χ4v) is 5.53. The quantitative estimate of drug-likeness (QED) is 0.364. The number of aliphatic hydroxyl groups excluding tert-OH is 2. The number of aryl methyl sites for hydroxylation is 1. The third-order valence-corrected chi connectivity index (χ3v) is 7.34. The maximum absolute atomic E-state index is 13.1. The SMILES string of the molecule is CC(=O)CC(=O)C(CO)C(CCO)CC1CC(=O)c2c(O)ccc(CCC(=O)N3CCOCC3)c2C1. The molecule has 3 unspecified atom stereocenters. The van der Waals surface area contributed by atoms with Gasteiger partial charge in [0.15, 0.2) is 5.78 Å². The first kappa shape index (κ1) is 28.0. The lowest BCUT2D eigenvalue weighted by atomic mass is 9.72. The van der Waals surface area contributed by atoms with E-state index in [0.29, 0.717) is 51.1 Å². The summed E-state index contributed by atoms with van der Waals surface area (Å²) in [6, 6.07) is 3.26. The number of fused-ring (bicyclic) bond motifs is 1. The van der Waals surface area contributed by atoms with Gasteiger partial charge in [-0.2, -0.15) is 0 Å². The van der Waals surface area contributed by atoms with Crippen LogP contribution >= 0.6 is 0 Å². The first-order valence-electron chi connectivity index (χ1n) is 12.7. The summed E-state index contributed by atoms with van der Waals surface area (Å²) in [5, 5.41) is 29.9. The van der Waals surface area contributed by atoms with E-state index >= 15 is 0 Å². The molecule has 0 saturated carbocycles. The fourth-order valence-electron chi connectivity index (χ4n) is 5.53. The number of morpholine rings is 1. The van der Waals surface area contributed by atoms with Crippen LogP contribution in [0.5, 0.6) is 5.75 Å². The van der Waals surface area contributed by atoms with Gasteiger partial charge in [-0.05, 0) is 61.6 Å². The minimum atomic E-state index is -0.785. The van der Waals surface area contributed by atoms with Gasteiger partial charge in [-0.3, -0.25) is 19.2 Å². The van der Waals surface area contributed by atoms with Crippen molar-refractivity contribution in [1.82, 2.24) is 4.90 Å². The molecule has 1 fully saturated rings. The Kier molecular flexibility index (Phi) is 10.2. The highest BCUT2D eigenvalue weighted by Crippen LogP contribution is 2.38. The molecule has 1 amide bonds. The van der Waals surface area contributed by atoms with E-state index < -0.39 is 12.5 Å². The van der Waals surface area contributed by atoms with Crippen LogP contribution in [0.15, 0.2) is 12.1 Å². The first-order chi connectivity index (χ1) is 17.2. The summed E-state index contributed by atoms with van der Waals surface area (Å²) in [6.07, 6.45) is 1.81. The van der Waals surface area contributed by atoms with Gasteiger partial charge in [-0.1, -0.05) is 6.07 Å². The van der Waals surface area contributed by atoms with Gasteiger partial charge in [0.1, 0.15) is 17.3 Å². The summed E-state index contributed by atoms with van der Waals surface area (Å²) in [5.74, 6) is -2.21. The summed E-state index contributed by atoms with van der Waals surface area (Å²) in [4.78, 5) is 51.5. The molecule has 1 aromatic carbocycles. The van der Waals surface area contributed by atoms with Gasteiger partial charge in [0, 0.05) is 38.5 Å². The number of carbonyl (C=O) groups is 4. The number of carbonyl (C=O) groups excluding carboxylic acids is 4. The van der Waals surface area contributed by atoms with Gasteiger partial charge in [-0.15, -0.1) is 0 Å². The normalized spacial score (nSPS) is 19.5. The Morgan fingerprint density at radius 1 is 1.14 bits per heavy atom. The van der Waals surface area contributed by atoms with Crippen LogP contribution in [0.3, 0.4) is 0 Å². The highest BCUT2D eigenvalue weighted by molar-refractivity contribution is 6.01. The lowest BCUT2D eigenvalue weighted by Gasteiger charge is -2.32. The summed E-state index contributed by atoms with van der Waals surface area (Å²) < 4.78 is 5.30. The Bertz CT molecular complexity index is 969. The number of ketones is 3. The number of ether oxygens (including phenoxy) is 1. The molecule has 3 rings (SSSR count). The van der Waals surface area contributed by atoms with Crippen LogP contribution in [0.25, 0.3) is 0 Å². The second-order valence-corrected chi connectivity index (χ2v) is 9.93. The van der Waals surface area contributed by atoms with Crippen molar-refractivity contribution in [2.45, 2.75) is 51.9 Å². The zero-order valence-electron chi connectivity index (χ0n) is 20.9. The van der Waals surface area contributed by atoms with E-state index in [4.69, 9.17) is 4.74 Å². The third kappa shape index (κ3) is 6.99. The van der Waals surface area contributed by atoms with E-state index in [1.807, 2.05) is 0 Å². The van der Waals surface area contributed by atoms with E-state index in [-0.39, 0.29) is 73.1 Å². The second kappa shape index (κ2) is 13.1. The van der Waals surface area contributed by atoms with Gasteiger partial charge in [-0.25, -0.2) is 0 Å². The monoisotopic (exact) mass is 503 g/mol. The topological polar surface area (TPSA) is 141 Å². The van der Waals surface area contributed by atoms with E-state index in [1.165, 1.54) is 13.0 Å². The van der Waals surface area contributed by atoms with Gasteiger partial charge in [0.05, 0.1) is 31.8 Å². The van der Waals surface area contributed by atoms with Crippen LogP contribution in [0, 0.1) is 17.8 Å². The summed E-state index contributed by atoms with van der Waals surface area (Å²) in [6.45, 7) is 2.89. The largest absolute Gasteiger partial charge is 0.507 e. The molecule has 3 atom stereocenters. The zero-order chi connectivity index (χ0) is 26.2. The van der Waals surface area contributed by atoms with Crippen molar-refractivity contribution < 1.29 is 39.2 Å². The third-order valence-electron chi connectivity index (χ3n) is 7.34. The van der Waals surface area contributed by atoms with Crippen molar-refractivity contribution in [2.24, 2.45) is 17.8 Å². The van der Waals surface area contributed by atoms with Crippen molar-refractivity contribution in [1.29, 1.82) is 0 Å². The van der Waals surface area contributed by atoms with E-state index in [0.717, 1.165) is 11.1 Å². The number of nitrogens with zero attached hydrogens (tertiary/aromatic N) is 1. The molecule has 9 heteroatoms. The van der Waals surface area contributed by atoms with Crippen LogP contribution in [0.1, 0.15) is 60.5 Å². The molecule has 198 valence electrons. The van der Waals surface area contributed by atoms with Crippen molar-refractivity contribution in [3.05, 3.63) is 28.8 Å². The number of Topliss-reactive ketones (excluding diaryl/α,β-unsaturated/α-hetero) is 3. The molecule has 2 aliphatic rings. The molecule has 0 aromatic heterocycles. The Morgan fingerprint density at radius 2 is 1.86 bits per heavy atom. The molecule has 0 bridgehead atoms. The van der Waals surface area contributed by atoms with Gasteiger partial charge in [0.2, 0.25) is 5.91 Å². The lowest BCUT2D eigenvalue weighted by molar-refractivity contribution is -0.135. The molecule has 1 saturated heterocycles. The molecular weight excluding hydrogens is 466 g/mol. The molecular formula is C27H37NO8. The van der Waals surface area contributed by atoms with Crippen molar-refractivity contribution in [3.8, 4) is 5.75 Å². The number of benzene rings is 1. The van der Waals surface area contributed by atoms with Crippen LogP contribution in [0.4, 0.5) is 0 Å². The maximum atomic E-state index is 13.1. The summed E-state index contributed by atoms with van der Waals surface area (Å²) >= 11 is 0. The number of rotatable bonds is 12. The number of aromatic hydroxyl groups is 1. The fraction of sp³-hybridized carbons (Fsp3) is 0.630. The predicted molar refractivity (Wildman–Crippen MR) is 131 cm³/mol. The number of phenols is 1. The van der Waals surface area contributed by atoms with Crippen LogP contribution in [-0.4, -0.2) is 83.0 Å². The predicted octanol–water partition coefficient (Wildman–Crippen LogP) is 1.47. The number of phenolic OH excluding ortho intramolecular Hbond substituents is 1. The summed E-state index contributed by atoms with van der Waals surface area (Å²) in [7, 11) is 0. The van der Waals surface area contributed by atoms with Crippen LogP contribution in [0.2, 0.25) is 0 Å². The van der Waals surface area contributed by atoms with Gasteiger partial charge in [0.25, 0.3) is 0 Å². The smallest absolute Gasteiger partial charge is 0.223 e. The minimum Gasteiger partial charge on any atom is -0.507 e. The number of amides is 1. The Balaban J connectivity index is 1.76. The average molecular weight is 504 g/mol. The highest BCUT2D eigenvalue weighted by atomic mass is 16.5. The molecule has 9 nitrogen and oxygen atoms in total. The standard InChI is InChI=1S/C27H37NO8/c1-17(31)12-24(33)22(16-30)20(6-9-29)13-18-14-21-19(2-4-23(32)27(21)25(34)15-18)3-5-26(35)28-7-10-36-11-8-28/h2,4,18,20,22,29-30,32H,3,5-16H2,1H3. The van der Waals surface area contributed by atoms with E-state index in [2.05, 4.69) is 0 Å². The average Bonchev–Trinajstić information content (AvgIpc) is 2.84. The lowest BCUT2D eigenvalue weighted by Crippen LogP contribution is -2.40. The van der Waals surface area contributed by atoms with Crippen molar-refractivity contribution in [2.75, 3.05) is 39.5 Å². The Labute approximate surface area is 211 Å². The van der Waals surface area contributed by atoms with Gasteiger partial charge < -0.3 is 25.0 Å². The molecule has 1 aliphatic heterocycles. The van der Waals surface area contributed by atoms with E-state index in [9.17, 15) is 34.5 Å². The minimum absolute atomic E-state index is 0.0246. The Morgan fingerprint density at radius 3 is 2.50 bits per heavy atom. The maximum Gasteiger partial charge on any atom is 0.223 e. The van der Waals surface area contributed by atoms with Gasteiger partial charge >= 0.3 is 0 Å². The molecule has 1 heterocycles. The Hall–Kier alpha value is -2.62. The van der Waals surface area contributed by atoms with E-state index in [1.54, 1.807) is 11.0 Å². The molecule has 1 aliphatic carbocycles. The highest BCUT2D eigenvalue weighted by Gasteiger charge is 2.35. The second-order valence-electron chi connectivity index (χ2n) is 9.93. The molecule has 0 spiro atoms. The van der Waals surface area contributed by atoms with Crippen LogP contribution in [-0.2, 0) is 32.0 Å². The van der Waals surface area contributed by atoms with Crippen molar-refractivity contribution >= 4 is 23.3 Å². The van der Waals surface area contributed by atoms with Crippen molar-refractivity contribution in [3.63, 3.8) is 0 Å². The molecule has 36 heavy (non-hydrogen) atoms. The number of aliphatic hydroxyl groups is 2. The molecule has 1 aromatic rings. The van der Waals surface area contributed by atoms with Crippen LogP contribution < -0.4 is 0 Å². The molecule has 0 radical (unpaired) electrons. The number of hydrogen-bond acceptors (Lipinski definition) is 8. The first-order valence-corrected chi connectivity index (χ1v) is 12.7. The summed E-state index contributed by atoms with van der Waals surface area (Å²) in [5.41, 5.74) is 1.87. The zero-order valence-corrected chi connectivity index (χ0v) is 20.9. The number of hydrogen-bond donors (Lipinski definition) is 3. The molecule has 3 N–H and O–H groups in total.